The minimum Gasteiger partial charge on any atom is -0.481 e. The van der Waals surface area contributed by atoms with E-state index in [9.17, 15) is 9.59 Å². The molecule has 6 nitrogen and oxygen atoms in total. The lowest BCUT2D eigenvalue weighted by molar-refractivity contribution is -0.136. The van der Waals surface area contributed by atoms with Crippen molar-refractivity contribution in [2.45, 2.75) is 25.3 Å². The van der Waals surface area contributed by atoms with Gasteiger partial charge in [0.15, 0.2) is 0 Å². The zero-order chi connectivity index (χ0) is 13.1. The van der Waals surface area contributed by atoms with Crippen LogP contribution in [0.3, 0.4) is 0 Å². The van der Waals surface area contributed by atoms with Crippen molar-refractivity contribution in [1.29, 1.82) is 0 Å². The third-order valence-corrected chi connectivity index (χ3v) is 2.88. The Balaban J connectivity index is 2.16. The van der Waals surface area contributed by atoms with Crippen LogP contribution in [-0.2, 0) is 11.2 Å². The molecule has 2 rings (SSSR count). The predicted octanol–water partition coefficient (Wildman–Crippen LogP) is 0.504. The first-order valence-corrected chi connectivity index (χ1v) is 5.83. The molecule has 0 unspecified atom stereocenters. The van der Waals surface area contributed by atoms with Gasteiger partial charge in [0, 0.05) is 12.6 Å². The molecule has 1 aromatic rings. The SMILES string of the molecule is O=C(O)Cc1occc1C(=O)N(CCO)C1CC1. The molecule has 0 bridgehead atoms. The zero-order valence-corrected chi connectivity index (χ0v) is 9.83. The van der Waals surface area contributed by atoms with E-state index < -0.39 is 5.97 Å². The Labute approximate surface area is 104 Å². The van der Waals surface area contributed by atoms with E-state index in [1.54, 1.807) is 4.90 Å². The van der Waals surface area contributed by atoms with Gasteiger partial charge in [-0.15, -0.1) is 0 Å². The number of furan rings is 1. The molecular weight excluding hydrogens is 238 g/mol. The van der Waals surface area contributed by atoms with Crippen molar-refractivity contribution in [2.24, 2.45) is 0 Å². The first-order chi connectivity index (χ1) is 8.63. The maximum absolute atomic E-state index is 12.2. The summed E-state index contributed by atoms with van der Waals surface area (Å²) in [6, 6.07) is 1.64. The molecule has 0 aliphatic heterocycles. The van der Waals surface area contributed by atoms with Gasteiger partial charge in [-0.1, -0.05) is 0 Å². The van der Waals surface area contributed by atoms with Crippen LogP contribution in [-0.4, -0.2) is 46.2 Å². The number of carbonyl (C=O) groups excluding carboxylic acids is 1. The summed E-state index contributed by atoms with van der Waals surface area (Å²) in [5, 5.41) is 17.7. The lowest BCUT2D eigenvalue weighted by atomic mass is 10.1. The third-order valence-electron chi connectivity index (χ3n) is 2.88. The second-order valence-corrected chi connectivity index (χ2v) is 4.28. The molecule has 1 heterocycles. The number of aliphatic hydroxyl groups excluding tert-OH is 1. The van der Waals surface area contributed by atoms with Crippen LogP contribution in [0.5, 0.6) is 0 Å². The van der Waals surface area contributed by atoms with Gasteiger partial charge in [0.05, 0.1) is 18.4 Å². The van der Waals surface area contributed by atoms with E-state index in [-0.39, 0.29) is 42.8 Å². The second-order valence-electron chi connectivity index (χ2n) is 4.28. The number of aliphatic carboxylic acids is 1. The molecule has 1 saturated carbocycles. The first kappa shape index (κ1) is 12.6. The number of hydrogen-bond donors (Lipinski definition) is 2. The van der Waals surface area contributed by atoms with Gasteiger partial charge in [0.2, 0.25) is 0 Å². The van der Waals surface area contributed by atoms with Crippen LogP contribution >= 0.6 is 0 Å². The number of carbonyl (C=O) groups is 2. The Morgan fingerprint density at radius 3 is 2.72 bits per heavy atom. The quantitative estimate of drug-likeness (QED) is 0.770. The normalized spacial score (nSPS) is 14.5. The lowest BCUT2D eigenvalue weighted by Crippen LogP contribution is -2.35. The summed E-state index contributed by atoms with van der Waals surface area (Å²) < 4.78 is 5.03. The average Bonchev–Trinajstić information content (AvgIpc) is 3.05. The topological polar surface area (TPSA) is 91.0 Å². The predicted molar refractivity (Wildman–Crippen MR) is 61.2 cm³/mol. The molecule has 2 N–H and O–H groups in total. The fraction of sp³-hybridized carbons (Fsp3) is 0.500. The highest BCUT2D eigenvalue weighted by Gasteiger charge is 2.34. The molecule has 0 aromatic carbocycles. The van der Waals surface area contributed by atoms with E-state index in [0.29, 0.717) is 0 Å². The molecule has 1 aliphatic carbocycles. The van der Waals surface area contributed by atoms with Crippen LogP contribution in [0.1, 0.15) is 29.0 Å². The Bertz CT molecular complexity index is 449. The first-order valence-electron chi connectivity index (χ1n) is 5.83. The van der Waals surface area contributed by atoms with Crippen molar-refractivity contribution in [3.8, 4) is 0 Å². The summed E-state index contributed by atoms with van der Waals surface area (Å²) in [6.45, 7) is 0.162. The maximum atomic E-state index is 12.2. The molecule has 18 heavy (non-hydrogen) atoms. The van der Waals surface area contributed by atoms with E-state index in [1.807, 2.05) is 0 Å². The van der Waals surface area contributed by atoms with Crippen molar-refractivity contribution >= 4 is 11.9 Å². The fourth-order valence-corrected chi connectivity index (χ4v) is 1.90. The van der Waals surface area contributed by atoms with Crippen LogP contribution in [0.15, 0.2) is 16.7 Å². The minimum atomic E-state index is -1.04. The summed E-state index contributed by atoms with van der Waals surface area (Å²) in [4.78, 5) is 24.5. The number of amides is 1. The van der Waals surface area contributed by atoms with Crippen LogP contribution in [0, 0.1) is 0 Å². The van der Waals surface area contributed by atoms with Crippen LogP contribution in [0.2, 0.25) is 0 Å². The van der Waals surface area contributed by atoms with Gasteiger partial charge in [0.25, 0.3) is 5.91 Å². The van der Waals surface area contributed by atoms with Crippen LogP contribution < -0.4 is 0 Å². The van der Waals surface area contributed by atoms with Gasteiger partial charge in [-0.2, -0.15) is 0 Å². The van der Waals surface area contributed by atoms with Gasteiger partial charge < -0.3 is 19.5 Å². The van der Waals surface area contributed by atoms with E-state index in [2.05, 4.69) is 0 Å². The minimum absolute atomic E-state index is 0.103. The van der Waals surface area contributed by atoms with Crippen molar-refractivity contribution < 1.29 is 24.2 Å². The number of aliphatic hydroxyl groups is 1. The molecule has 0 saturated heterocycles. The smallest absolute Gasteiger partial charge is 0.311 e. The lowest BCUT2D eigenvalue weighted by Gasteiger charge is -2.20. The summed E-state index contributed by atoms with van der Waals surface area (Å²) in [5.41, 5.74) is 0.276. The number of carboxylic acids is 1. The zero-order valence-electron chi connectivity index (χ0n) is 9.83. The Morgan fingerprint density at radius 2 is 2.17 bits per heavy atom. The highest BCUT2D eigenvalue weighted by molar-refractivity contribution is 5.96. The molecule has 6 heteroatoms. The van der Waals surface area contributed by atoms with E-state index in [0.717, 1.165) is 12.8 Å². The number of nitrogens with zero attached hydrogens (tertiary/aromatic N) is 1. The molecule has 1 aromatic heterocycles. The Hall–Kier alpha value is -1.82. The highest BCUT2D eigenvalue weighted by atomic mass is 16.4. The number of hydrogen-bond acceptors (Lipinski definition) is 4. The van der Waals surface area contributed by atoms with E-state index in [4.69, 9.17) is 14.6 Å². The van der Waals surface area contributed by atoms with Crippen molar-refractivity contribution in [2.75, 3.05) is 13.2 Å². The van der Waals surface area contributed by atoms with Crippen LogP contribution in [0.25, 0.3) is 0 Å². The molecule has 1 aliphatic rings. The van der Waals surface area contributed by atoms with Crippen molar-refractivity contribution in [1.82, 2.24) is 4.90 Å². The molecule has 0 radical (unpaired) electrons. The average molecular weight is 253 g/mol. The summed E-state index contributed by atoms with van der Waals surface area (Å²) in [5.74, 6) is -1.15. The Kier molecular flexibility index (Phi) is 3.66. The van der Waals surface area contributed by atoms with Crippen molar-refractivity contribution in [3.05, 3.63) is 23.7 Å². The molecular formula is C12H15NO5. The standard InChI is InChI=1S/C12H15NO5/c14-5-4-13(8-1-2-8)12(17)9-3-6-18-10(9)7-11(15)16/h3,6,8,14H,1-2,4-5,7H2,(H,15,16). The van der Waals surface area contributed by atoms with Gasteiger partial charge in [-0.05, 0) is 18.9 Å². The molecule has 0 atom stereocenters. The van der Waals surface area contributed by atoms with Gasteiger partial charge in [-0.3, -0.25) is 9.59 Å². The molecule has 0 spiro atoms. The summed E-state index contributed by atoms with van der Waals surface area (Å²) in [6.07, 6.45) is 2.86. The number of carboxylic acid groups (broad SMARTS) is 1. The fourth-order valence-electron chi connectivity index (χ4n) is 1.90. The largest absolute Gasteiger partial charge is 0.481 e. The third kappa shape index (κ3) is 2.70. The van der Waals surface area contributed by atoms with Gasteiger partial charge >= 0.3 is 5.97 Å². The van der Waals surface area contributed by atoms with Crippen molar-refractivity contribution in [3.63, 3.8) is 0 Å². The monoisotopic (exact) mass is 253 g/mol. The Morgan fingerprint density at radius 1 is 1.44 bits per heavy atom. The molecule has 1 fully saturated rings. The van der Waals surface area contributed by atoms with Crippen LogP contribution in [0.4, 0.5) is 0 Å². The van der Waals surface area contributed by atoms with E-state index >= 15 is 0 Å². The summed E-state index contributed by atoms with van der Waals surface area (Å²) >= 11 is 0. The summed E-state index contributed by atoms with van der Waals surface area (Å²) in [7, 11) is 0. The molecule has 1 amide bonds. The second kappa shape index (κ2) is 5.22. The maximum Gasteiger partial charge on any atom is 0.311 e. The highest BCUT2D eigenvalue weighted by Crippen LogP contribution is 2.28. The van der Waals surface area contributed by atoms with Gasteiger partial charge in [0.1, 0.15) is 12.2 Å². The number of rotatable bonds is 6. The molecule has 98 valence electrons. The van der Waals surface area contributed by atoms with E-state index in [1.165, 1.54) is 12.3 Å². The van der Waals surface area contributed by atoms with Gasteiger partial charge in [-0.25, -0.2) is 0 Å².